The smallest absolute Gasteiger partial charge is 0.264 e. The number of para-hydroxylation sites is 1. The van der Waals surface area contributed by atoms with Crippen molar-refractivity contribution < 1.29 is 13.2 Å². The number of anilines is 2. The Balaban J connectivity index is 0.00000336. The molecule has 1 amide bonds. The topological polar surface area (TPSA) is 73.8 Å². The molecular weight excluding hydrogens is 563 g/mol. The van der Waals surface area contributed by atoms with Crippen molar-refractivity contribution in [3.8, 4) is 0 Å². The van der Waals surface area contributed by atoms with Gasteiger partial charge in [0, 0.05) is 23.7 Å². The molecule has 38 heavy (non-hydrogen) atoms. The van der Waals surface area contributed by atoms with Gasteiger partial charge >= 0.3 is 0 Å². The van der Waals surface area contributed by atoms with Gasteiger partial charge < -0.3 is 4.90 Å². The molecule has 0 radical (unpaired) electrons. The van der Waals surface area contributed by atoms with E-state index in [2.05, 4.69) is 9.88 Å². The highest BCUT2D eigenvalue weighted by molar-refractivity contribution is 7.92. The third kappa shape index (κ3) is 5.67. The summed E-state index contributed by atoms with van der Waals surface area (Å²) < 4.78 is 29.1. The Morgan fingerprint density at radius 2 is 1.79 bits per heavy atom. The first-order chi connectivity index (χ1) is 17.7. The monoisotopic (exact) mass is 590 g/mol. The molecule has 7 nitrogen and oxygen atoms in total. The van der Waals surface area contributed by atoms with E-state index in [1.165, 1.54) is 27.8 Å². The van der Waals surface area contributed by atoms with Gasteiger partial charge in [0.05, 0.1) is 20.8 Å². The van der Waals surface area contributed by atoms with Crippen LogP contribution >= 0.6 is 35.3 Å². The van der Waals surface area contributed by atoms with Crippen LogP contribution in [0.4, 0.5) is 10.8 Å². The second-order valence-corrected chi connectivity index (χ2v) is 12.5. The predicted molar refractivity (Wildman–Crippen MR) is 158 cm³/mol. The molecule has 0 fully saturated rings. The Labute approximate surface area is 238 Å². The molecule has 0 unspecified atom stereocenters. The molecule has 0 bridgehead atoms. The predicted octanol–water partition coefficient (Wildman–Crippen LogP) is 5.72. The number of fused-ring (bicyclic) bond motifs is 2. The first-order valence-corrected chi connectivity index (χ1v) is 14.6. The maximum absolute atomic E-state index is 13.6. The molecule has 2 heterocycles. The summed E-state index contributed by atoms with van der Waals surface area (Å²) in [4.78, 5) is 22.2. The van der Waals surface area contributed by atoms with Crippen LogP contribution in [0.5, 0.6) is 0 Å². The van der Waals surface area contributed by atoms with Crippen molar-refractivity contribution in [3.05, 3.63) is 82.9 Å². The highest BCUT2D eigenvalue weighted by atomic mass is 35.5. The lowest BCUT2D eigenvalue weighted by Gasteiger charge is -2.22. The van der Waals surface area contributed by atoms with Crippen LogP contribution in [0.3, 0.4) is 0 Å². The van der Waals surface area contributed by atoms with Gasteiger partial charge in [0.15, 0.2) is 5.13 Å². The van der Waals surface area contributed by atoms with Crippen LogP contribution in [0.25, 0.3) is 10.2 Å². The average Bonchev–Trinajstić information content (AvgIpc) is 3.50. The number of carbonyl (C=O) groups excluding carboxylic acids is 1. The molecule has 11 heteroatoms. The van der Waals surface area contributed by atoms with E-state index in [1.54, 1.807) is 23.1 Å². The summed E-state index contributed by atoms with van der Waals surface area (Å²) in [5, 5.41) is 1.21. The third-order valence-corrected chi connectivity index (χ3v) is 9.44. The summed E-state index contributed by atoms with van der Waals surface area (Å²) in [6, 6.07) is 19.2. The quantitative estimate of drug-likeness (QED) is 0.262. The molecular formula is C27H28Cl2N4O3S2. The minimum Gasteiger partial charge on any atom is -0.309 e. The molecule has 4 aromatic rings. The van der Waals surface area contributed by atoms with E-state index in [0.29, 0.717) is 40.9 Å². The number of hydrogen-bond donors (Lipinski definition) is 0. The Bertz CT molecular complexity index is 1560. The summed E-state index contributed by atoms with van der Waals surface area (Å²) in [5.74, 6) is -0.223. The zero-order valence-electron chi connectivity index (χ0n) is 21.0. The summed E-state index contributed by atoms with van der Waals surface area (Å²) >= 11 is 7.56. The number of sulfonamides is 1. The van der Waals surface area contributed by atoms with Crippen LogP contribution in [0.15, 0.2) is 71.6 Å². The van der Waals surface area contributed by atoms with Crippen LogP contribution < -0.4 is 9.21 Å². The van der Waals surface area contributed by atoms with Crippen molar-refractivity contribution in [1.29, 1.82) is 0 Å². The van der Waals surface area contributed by atoms with Crippen LogP contribution in [0, 0.1) is 0 Å². The molecule has 5 rings (SSSR count). The van der Waals surface area contributed by atoms with E-state index in [0.717, 1.165) is 28.7 Å². The van der Waals surface area contributed by atoms with Gasteiger partial charge in [-0.2, -0.15) is 0 Å². The van der Waals surface area contributed by atoms with E-state index in [9.17, 15) is 13.2 Å². The van der Waals surface area contributed by atoms with E-state index in [1.807, 2.05) is 50.5 Å². The van der Waals surface area contributed by atoms with E-state index in [4.69, 9.17) is 11.6 Å². The standard InChI is InChI=1S/C27H27ClN4O3S2.ClH/c1-30(2)15-5-16-31(27-29-23-13-10-21(28)18-25(23)36-27)26(33)20-8-11-22(12-9-20)37(34,35)32-17-14-19-6-3-4-7-24(19)32;/h3-4,6-13,18H,5,14-17H2,1-2H3;1H. The van der Waals surface area contributed by atoms with Gasteiger partial charge in [0.2, 0.25) is 0 Å². The van der Waals surface area contributed by atoms with Crippen LogP contribution in [-0.2, 0) is 16.4 Å². The molecule has 0 saturated carbocycles. The molecule has 1 aliphatic heterocycles. The van der Waals surface area contributed by atoms with Gasteiger partial charge in [-0.1, -0.05) is 41.1 Å². The van der Waals surface area contributed by atoms with Crippen molar-refractivity contribution in [2.75, 3.05) is 42.9 Å². The zero-order valence-corrected chi connectivity index (χ0v) is 24.2. The van der Waals surface area contributed by atoms with Crippen molar-refractivity contribution >= 4 is 72.3 Å². The average molecular weight is 592 g/mol. The minimum absolute atomic E-state index is 0. The second-order valence-electron chi connectivity index (χ2n) is 9.20. The first kappa shape index (κ1) is 28.3. The fourth-order valence-electron chi connectivity index (χ4n) is 4.44. The van der Waals surface area contributed by atoms with Gasteiger partial charge in [-0.05, 0) is 87.6 Å². The molecule has 3 aromatic carbocycles. The van der Waals surface area contributed by atoms with Crippen molar-refractivity contribution in [1.82, 2.24) is 9.88 Å². The number of carbonyl (C=O) groups is 1. The summed E-state index contributed by atoms with van der Waals surface area (Å²) in [7, 11) is 0.248. The molecule has 0 spiro atoms. The fourth-order valence-corrected chi connectivity index (χ4v) is 7.21. The van der Waals surface area contributed by atoms with Gasteiger partial charge in [0.25, 0.3) is 15.9 Å². The van der Waals surface area contributed by atoms with Crippen LogP contribution in [0.1, 0.15) is 22.3 Å². The highest BCUT2D eigenvalue weighted by Gasteiger charge is 2.31. The largest absolute Gasteiger partial charge is 0.309 e. The number of aromatic nitrogens is 1. The van der Waals surface area contributed by atoms with Crippen LogP contribution in [0.2, 0.25) is 5.02 Å². The lowest BCUT2D eigenvalue weighted by Crippen LogP contribution is -2.33. The fraction of sp³-hybridized carbons (Fsp3) is 0.259. The number of hydrogen-bond acceptors (Lipinski definition) is 6. The number of benzene rings is 3. The van der Waals surface area contributed by atoms with Crippen molar-refractivity contribution in [3.63, 3.8) is 0 Å². The van der Waals surface area contributed by atoms with Gasteiger partial charge in [-0.15, -0.1) is 12.4 Å². The zero-order chi connectivity index (χ0) is 26.2. The maximum atomic E-state index is 13.6. The minimum atomic E-state index is -3.73. The van der Waals surface area contributed by atoms with E-state index in [-0.39, 0.29) is 23.2 Å². The number of amides is 1. The van der Waals surface area contributed by atoms with Gasteiger partial charge in [-0.25, -0.2) is 13.4 Å². The molecule has 0 N–H and O–H groups in total. The van der Waals surface area contributed by atoms with Crippen LogP contribution in [-0.4, -0.2) is 57.9 Å². The van der Waals surface area contributed by atoms with E-state index >= 15 is 0 Å². The summed E-state index contributed by atoms with van der Waals surface area (Å²) in [5.41, 5.74) is 2.92. The number of halogens is 2. The maximum Gasteiger partial charge on any atom is 0.264 e. The van der Waals surface area contributed by atoms with Gasteiger partial charge in [-0.3, -0.25) is 14.0 Å². The lowest BCUT2D eigenvalue weighted by atomic mass is 10.2. The van der Waals surface area contributed by atoms with Crippen molar-refractivity contribution in [2.24, 2.45) is 0 Å². The normalized spacial score (nSPS) is 13.0. The summed E-state index contributed by atoms with van der Waals surface area (Å²) in [6.45, 7) is 1.70. The Kier molecular flexibility index (Phi) is 8.64. The number of nitrogens with zero attached hydrogens (tertiary/aromatic N) is 4. The number of thiazole rings is 1. The molecule has 0 aliphatic carbocycles. The SMILES string of the molecule is CN(C)CCCN(C(=O)c1ccc(S(=O)(=O)N2CCc3ccccc32)cc1)c1nc2ccc(Cl)cc2s1.Cl. The third-order valence-electron chi connectivity index (χ3n) is 6.34. The van der Waals surface area contributed by atoms with Crippen molar-refractivity contribution in [2.45, 2.75) is 17.7 Å². The first-order valence-electron chi connectivity index (χ1n) is 12.0. The molecule has 200 valence electrons. The number of rotatable bonds is 8. The summed E-state index contributed by atoms with van der Waals surface area (Å²) in [6.07, 6.45) is 1.44. The lowest BCUT2D eigenvalue weighted by molar-refractivity contribution is 0.0986. The Hall–Kier alpha value is -2.69. The molecule has 0 atom stereocenters. The molecule has 1 aliphatic rings. The second kappa shape index (κ2) is 11.6. The molecule has 1 aromatic heterocycles. The molecule has 0 saturated heterocycles. The van der Waals surface area contributed by atoms with E-state index < -0.39 is 10.0 Å². The Morgan fingerprint density at radius 3 is 2.53 bits per heavy atom. The van der Waals surface area contributed by atoms with Gasteiger partial charge in [0.1, 0.15) is 0 Å². The Morgan fingerprint density at radius 1 is 1.05 bits per heavy atom. The highest BCUT2D eigenvalue weighted by Crippen LogP contribution is 2.34.